The van der Waals surface area contributed by atoms with Crippen molar-refractivity contribution in [3.63, 3.8) is 0 Å². The highest BCUT2D eigenvalue weighted by Crippen LogP contribution is 2.25. The van der Waals surface area contributed by atoms with Crippen LogP contribution in [0.1, 0.15) is 29.7 Å². The molecule has 3 heteroatoms. The summed E-state index contributed by atoms with van der Waals surface area (Å²) in [5.41, 5.74) is 2.82. The number of nitriles is 1. The second-order valence-electron chi connectivity index (χ2n) is 3.87. The molecule has 0 aromatic carbocycles. The molecule has 0 saturated heterocycles. The average molecular weight is 214 g/mol. The Labute approximate surface area is 95.4 Å². The Kier molecular flexibility index (Phi) is 3.21. The lowest BCUT2D eigenvalue weighted by Gasteiger charge is -2.16. The molecule has 2 rings (SSSR count). The molecule has 1 aromatic rings. The summed E-state index contributed by atoms with van der Waals surface area (Å²) in [6.45, 7) is 3.97. The average Bonchev–Trinajstić information content (AvgIpc) is 2.35. The van der Waals surface area contributed by atoms with Crippen LogP contribution in [0.25, 0.3) is 0 Å². The largest absolute Gasteiger partial charge is 0.473 e. The van der Waals surface area contributed by atoms with Gasteiger partial charge in [-0.2, -0.15) is 5.26 Å². The van der Waals surface area contributed by atoms with E-state index < -0.39 is 0 Å². The Hall–Kier alpha value is -1.82. The monoisotopic (exact) mass is 214 g/mol. The number of ether oxygens (including phenoxy) is 1. The van der Waals surface area contributed by atoms with Crippen LogP contribution in [0.3, 0.4) is 0 Å². The van der Waals surface area contributed by atoms with Gasteiger partial charge < -0.3 is 4.74 Å². The molecular formula is C13H14N2O. The van der Waals surface area contributed by atoms with Crippen LogP contribution in [0.5, 0.6) is 5.88 Å². The minimum Gasteiger partial charge on any atom is -0.473 e. The highest BCUT2D eigenvalue weighted by atomic mass is 16.5. The second-order valence-corrected chi connectivity index (χ2v) is 3.87. The molecule has 0 radical (unpaired) electrons. The maximum absolute atomic E-state index is 9.02. The molecule has 0 aliphatic heterocycles. The van der Waals surface area contributed by atoms with Gasteiger partial charge in [-0.3, -0.25) is 0 Å². The summed E-state index contributed by atoms with van der Waals surface area (Å²) in [7, 11) is 0. The van der Waals surface area contributed by atoms with E-state index in [9.17, 15) is 0 Å². The van der Waals surface area contributed by atoms with E-state index in [1.807, 2.05) is 6.07 Å². The first-order valence-electron chi connectivity index (χ1n) is 5.51. The maximum Gasteiger partial charge on any atom is 0.232 e. The first kappa shape index (κ1) is 10.7. The number of fused-ring (bicyclic) bond motifs is 1. The fraction of sp³-hybridized carbons (Fsp3) is 0.385. The van der Waals surface area contributed by atoms with Gasteiger partial charge >= 0.3 is 0 Å². The Morgan fingerprint density at radius 1 is 1.50 bits per heavy atom. The van der Waals surface area contributed by atoms with Crippen molar-refractivity contribution in [2.75, 3.05) is 6.61 Å². The predicted octanol–water partition coefficient (Wildman–Crippen LogP) is 2.40. The quantitative estimate of drug-likeness (QED) is 0.726. The number of hydrogen-bond acceptors (Lipinski definition) is 3. The molecule has 1 heterocycles. The number of pyridine rings is 1. The van der Waals surface area contributed by atoms with Crippen LogP contribution < -0.4 is 4.74 Å². The molecule has 0 N–H and O–H groups in total. The van der Waals surface area contributed by atoms with Gasteiger partial charge in [0, 0.05) is 5.69 Å². The Morgan fingerprint density at radius 2 is 2.31 bits per heavy atom. The van der Waals surface area contributed by atoms with Crippen LogP contribution in [0, 0.1) is 11.3 Å². The Morgan fingerprint density at radius 3 is 3.06 bits per heavy atom. The van der Waals surface area contributed by atoms with Crippen molar-refractivity contribution in [1.29, 1.82) is 5.26 Å². The van der Waals surface area contributed by atoms with Gasteiger partial charge in [0.2, 0.25) is 5.88 Å². The highest BCUT2D eigenvalue weighted by Gasteiger charge is 2.15. The standard InChI is InChI=1S/C13H14N2O/c1-2-7-16-13-11(9-14)8-10-5-3-4-6-12(10)15-13/h2,8H,1,3-7H2. The summed E-state index contributed by atoms with van der Waals surface area (Å²) in [4.78, 5) is 4.43. The topological polar surface area (TPSA) is 45.9 Å². The summed E-state index contributed by atoms with van der Waals surface area (Å²) in [6.07, 6.45) is 6.03. The molecule has 0 saturated carbocycles. The van der Waals surface area contributed by atoms with Gasteiger partial charge in [0.05, 0.1) is 0 Å². The summed E-state index contributed by atoms with van der Waals surface area (Å²) in [6, 6.07) is 4.05. The van der Waals surface area contributed by atoms with Gasteiger partial charge in [-0.05, 0) is 37.3 Å². The summed E-state index contributed by atoms with van der Waals surface area (Å²) in [5, 5.41) is 9.02. The highest BCUT2D eigenvalue weighted by molar-refractivity contribution is 5.43. The number of aryl methyl sites for hydroxylation is 2. The van der Waals surface area contributed by atoms with E-state index in [1.54, 1.807) is 6.08 Å². The van der Waals surface area contributed by atoms with Gasteiger partial charge in [-0.1, -0.05) is 12.7 Å². The lowest BCUT2D eigenvalue weighted by molar-refractivity contribution is 0.345. The van der Waals surface area contributed by atoms with Crippen molar-refractivity contribution in [2.24, 2.45) is 0 Å². The van der Waals surface area contributed by atoms with Gasteiger partial charge in [0.15, 0.2) is 0 Å². The van der Waals surface area contributed by atoms with Crippen LogP contribution in [-0.4, -0.2) is 11.6 Å². The molecule has 1 aliphatic carbocycles. The predicted molar refractivity (Wildman–Crippen MR) is 61.3 cm³/mol. The van der Waals surface area contributed by atoms with E-state index in [-0.39, 0.29) is 0 Å². The van der Waals surface area contributed by atoms with Crippen molar-refractivity contribution in [3.8, 4) is 11.9 Å². The van der Waals surface area contributed by atoms with Crippen LogP contribution in [-0.2, 0) is 12.8 Å². The first-order valence-corrected chi connectivity index (χ1v) is 5.51. The van der Waals surface area contributed by atoms with Crippen molar-refractivity contribution in [1.82, 2.24) is 4.98 Å². The van der Waals surface area contributed by atoms with Crippen molar-refractivity contribution < 1.29 is 4.74 Å². The molecule has 1 aliphatic rings. The zero-order valence-corrected chi connectivity index (χ0v) is 9.20. The molecule has 16 heavy (non-hydrogen) atoms. The number of hydrogen-bond donors (Lipinski definition) is 0. The minimum atomic E-state index is 0.389. The SMILES string of the molecule is C=CCOc1nc2c(cc1C#N)CCCC2. The molecule has 1 aromatic heterocycles. The third kappa shape index (κ3) is 2.06. The molecule has 0 bridgehead atoms. The van der Waals surface area contributed by atoms with Gasteiger partial charge in [-0.25, -0.2) is 4.98 Å². The van der Waals surface area contributed by atoms with Crippen LogP contribution in [0.15, 0.2) is 18.7 Å². The van der Waals surface area contributed by atoms with Crippen molar-refractivity contribution in [2.45, 2.75) is 25.7 Å². The zero-order chi connectivity index (χ0) is 11.4. The Bertz CT molecular complexity index is 446. The van der Waals surface area contributed by atoms with E-state index in [0.717, 1.165) is 18.5 Å². The molecule has 0 atom stereocenters. The first-order chi connectivity index (χ1) is 7.85. The van der Waals surface area contributed by atoms with Crippen molar-refractivity contribution in [3.05, 3.63) is 35.5 Å². The fourth-order valence-corrected chi connectivity index (χ4v) is 1.94. The molecule has 3 nitrogen and oxygen atoms in total. The third-order valence-electron chi connectivity index (χ3n) is 2.72. The molecule has 0 fully saturated rings. The van der Waals surface area contributed by atoms with E-state index in [4.69, 9.17) is 10.00 Å². The maximum atomic E-state index is 9.02. The smallest absolute Gasteiger partial charge is 0.232 e. The minimum absolute atomic E-state index is 0.389. The van der Waals surface area contributed by atoms with Crippen LogP contribution in [0.2, 0.25) is 0 Å². The molecule has 82 valence electrons. The van der Waals surface area contributed by atoms with Gasteiger partial charge in [0.25, 0.3) is 0 Å². The normalized spacial score (nSPS) is 13.7. The molecular weight excluding hydrogens is 200 g/mol. The number of nitrogens with zero attached hydrogens (tertiary/aromatic N) is 2. The van der Waals surface area contributed by atoms with Crippen LogP contribution in [0.4, 0.5) is 0 Å². The zero-order valence-electron chi connectivity index (χ0n) is 9.20. The lowest BCUT2D eigenvalue weighted by atomic mass is 9.95. The Balaban J connectivity index is 2.36. The summed E-state index contributed by atoms with van der Waals surface area (Å²) < 4.78 is 5.39. The molecule has 0 unspecified atom stereocenters. The summed E-state index contributed by atoms with van der Waals surface area (Å²) >= 11 is 0. The molecule has 0 spiro atoms. The lowest BCUT2D eigenvalue weighted by Crippen LogP contribution is -2.08. The molecule has 0 amide bonds. The number of aromatic nitrogens is 1. The van der Waals surface area contributed by atoms with Crippen molar-refractivity contribution >= 4 is 0 Å². The van der Waals surface area contributed by atoms with E-state index >= 15 is 0 Å². The van der Waals surface area contributed by atoms with E-state index in [1.165, 1.54) is 18.4 Å². The third-order valence-corrected chi connectivity index (χ3v) is 2.72. The number of rotatable bonds is 3. The summed E-state index contributed by atoms with van der Waals surface area (Å²) in [5.74, 6) is 0.447. The second kappa shape index (κ2) is 4.80. The van der Waals surface area contributed by atoms with Crippen LogP contribution >= 0.6 is 0 Å². The van der Waals surface area contributed by atoms with Gasteiger partial charge in [0.1, 0.15) is 18.2 Å². The fourth-order valence-electron chi connectivity index (χ4n) is 1.94. The van der Waals surface area contributed by atoms with E-state index in [2.05, 4.69) is 17.6 Å². The van der Waals surface area contributed by atoms with E-state index in [0.29, 0.717) is 18.1 Å². The van der Waals surface area contributed by atoms with Gasteiger partial charge in [-0.15, -0.1) is 0 Å².